The van der Waals surface area contributed by atoms with E-state index >= 15 is 0 Å². The van der Waals surface area contributed by atoms with Crippen molar-refractivity contribution in [1.82, 2.24) is 0 Å². The third-order valence-corrected chi connectivity index (χ3v) is 4.59. The molecule has 0 aliphatic rings. The summed E-state index contributed by atoms with van der Waals surface area (Å²) < 4.78 is 10.5. The molecule has 144 valence electrons. The maximum atomic E-state index is 12.6. The molecule has 0 saturated heterocycles. The van der Waals surface area contributed by atoms with Gasteiger partial charge in [0.05, 0.1) is 14.2 Å². The number of Topliss-reactive ketones (excluding diaryl/α,β-unsaturated/α-hetero) is 1. The molecule has 1 atom stereocenters. The van der Waals surface area contributed by atoms with E-state index in [1.807, 2.05) is 0 Å². The third-order valence-electron chi connectivity index (χ3n) is 4.59. The molecule has 0 aliphatic carbocycles. The average molecular weight is 372 g/mol. The number of para-hydroxylation sites is 1. The number of aryl methyl sites for hydroxylation is 1. The van der Waals surface area contributed by atoms with Gasteiger partial charge in [-0.2, -0.15) is 0 Å². The van der Waals surface area contributed by atoms with Gasteiger partial charge in [0.15, 0.2) is 0 Å². The molecule has 6 nitrogen and oxygen atoms in total. The van der Waals surface area contributed by atoms with Gasteiger partial charge in [-0.05, 0) is 42.7 Å². The number of aromatic hydroxyl groups is 1. The Bertz CT molecular complexity index is 790. The van der Waals surface area contributed by atoms with Gasteiger partial charge in [-0.1, -0.05) is 18.2 Å². The minimum absolute atomic E-state index is 0.0363. The number of phenols is 1. The zero-order valence-corrected chi connectivity index (χ0v) is 15.8. The number of carbonyl (C=O) groups excluding carboxylic acids is 1. The molecule has 2 aromatic rings. The molecule has 0 bridgehead atoms. The van der Waals surface area contributed by atoms with E-state index in [0.29, 0.717) is 28.2 Å². The number of ether oxygens (including phenoxy) is 2. The molecule has 2 rings (SSSR count). The molecule has 1 unspecified atom stereocenters. The van der Waals surface area contributed by atoms with Gasteiger partial charge < -0.3 is 24.6 Å². The van der Waals surface area contributed by atoms with Crippen molar-refractivity contribution < 1.29 is 29.4 Å². The number of carbonyl (C=O) groups is 1. The van der Waals surface area contributed by atoms with Crippen LogP contribution in [0.2, 0.25) is 5.82 Å². The molecule has 0 aromatic heterocycles. The zero-order chi connectivity index (χ0) is 20.0. The molecule has 7 heteroatoms. The second kappa shape index (κ2) is 9.44. The van der Waals surface area contributed by atoms with Gasteiger partial charge in [0.1, 0.15) is 23.0 Å². The number of ketones is 1. The lowest BCUT2D eigenvalue weighted by Crippen LogP contribution is -2.25. The fourth-order valence-electron chi connectivity index (χ4n) is 3.05. The van der Waals surface area contributed by atoms with Gasteiger partial charge in [0.2, 0.25) is 0 Å². The summed E-state index contributed by atoms with van der Waals surface area (Å²) in [5, 5.41) is 29.6. The molecule has 2 aromatic carbocycles. The number of rotatable bonds is 9. The maximum absolute atomic E-state index is 12.6. The Hall–Kier alpha value is -2.51. The van der Waals surface area contributed by atoms with Crippen LogP contribution in [0.4, 0.5) is 0 Å². The number of benzene rings is 2. The molecule has 0 spiro atoms. The fraction of sp³-hybridized carbons (Fsp3) is 0.350. The summed E-state index contributed by atoms with van der Waals surface area (Å²) in [6, 6.07) is 10.5. The quantitative estimate of drug-likeness (QED) is 0.585. The van der Waals surface area contributed by atoms with Crippen LogP contribution in [-0.2, 0) is 17.6 Å². The van der Waals surface area contributed by atoms with Gasteiger partial charge in [-0.25, -0.2) is 0 Å². The molecule has 27 heavy (non-hydrogen) atoms. The fourth-order valence-corrected chi connectivity index (χ4v) is 3.05. The topological polar surface area (TPSA) is 96.2 Å². The monoisotopic (exact) mass is 372 g/mol. The Morgan fingerprint density at radius 2 is 1.85 bits per heavy atom. The van der Waals surface area contributed by atoms with Crippen molar-refractivity contribution >= 4 is 12.9 Å². The number of methoxy groups -OCH3 is 2. The van der Waals surface area contributed by atoms with Crippen LogP contribution in [0.3, 0.4) is 0 Å². The van der Waals surface area contributed by atoms with Crippen LogP contribution < -0.4 is 9.47 Å². The summed E-state index contributed by atoms with van der Waals surface area (Å²) >= 11 is 0. The lowest BCUT2D eigenvalue weighted by atomic mass is 9.66. The summed E-state index contributed by atoms with van der Waals surface area (Å²) in [7, 11) is 1.40. The first kappa shape index (κ1) is 20.8. The zero-order valence-electron chi connectivity index (χ0n) is 15.8. The van der Waals surface area contributed by atoms with Gasteiger partial charge in [0, 0.05) is 24.2 Å². The smallest absolute Gasteiger partial charge is 0.455 e. The predicted molar refractivity (Wildman–Crippen MR) is 103 cm³/mol. The summed E-state index contributed by atoms with van der Waals surface area (Å²) in [6.07, 6.45) is 0.237. The normalized spacial score (nSPS) is 11.7. The van der Waals surface area contributed by atoms with Crippen molar-refractivity contribution in [3.05, 3.63) is 53.1 Å². The van der Waals surface area contributed by atoms with E-state index in [4.69, 9.17) is 9.47 Å². The average Bonchev–Trinajstić information content (AvgIpc) is 2.64. The Labute approximate surface area is 159 Å². The number of hydrogen-bond acceptors (Lipinski definition) is 6. The van der Waals surface area contributed by atoms with Gasteiger partial charge in [-0.3, -0.25) is 4.79 Å². The van der Waals surface area contributed by atoms with E-state index in [1.54, 1.807) is 50.4 Å². The van der Waals surface area contributed by atoms with E-state index in [9.17, 15) is 19.9 Å². The van der Waals surface area contributed by atoms with Crippen LogP contribution in [0, 0.1) is 6.92 Å². The summed E-state index contributed by atoms with van der Waals surface area (Å²) in [5.41, 5.74) is 1.96. The summed E-state index contributed by atoms with van der Waals surface area (Å²) in [5.74, 6) is 0.419. The SMILES string of the molecule is COc1ccc(OC)c(CC(=O)CC(Cc2cccc(C)c2O)B(O)O)c1. The molecule has 0 amide bonds. The number of phenolic OH excluding ortho intramolecular Hbond substituents is 1. The van der Waals surface area contributed by atoms with Crippen molar-refractivity contribution in [2.45, 2.75) is 32.0 Å². The van der Waals surface area contributed by atoms with E-state index in [0.717, 1.165) is 0 Å². The van der Waals surface area contributed by atoms with Gasteiger partial charge in [0.25, 0.3) is 0 Å². The van der Waals surface area contributed by atoms with Crippen LogP contribution in [0.25, 0.3) is 0 Å². The van der Waals surface area contributed by atoms with E-state index in [2.05, 4.69) is 0 Å². The van der Waals surface area contributed by atoms with Crippen molar-refractivity contribution in [2.24, 2.45) is 0 Å². The van der Waals surface area contributed by atoms with Crippen LogP contribution in [0.1, 0.15) is 23.1 Å². The van der Waals surface area contributed by atoms with E-state index < -0.39 is 12.9 Å². The highest BCUT2D eigenvalue weighted by Gasteiger charge is 2.27. The lowest BCUT2D eigenvalue weighted by Gasteiger charge is -2.17. The van der Waals surface area contributed by atoms with E-state index in [-0.39, 0.29) is 30.8 Å². The second-order valence-corrected chi connectivity index (χ2v) is 6.56. The largest absolute Gasteiger partial charge is 0.507 e. The molecule has 0 fully saturated rings. The third kappa shape index (κ3) is 5.48. The first-order chi connectivity index (χ1) is 12.8. The standard InChI is InChI=1S/C20H25BO6/c1-13-5-4-6-14(20(13)23)9-16(21(24)25)12-17(22)10-15-11-18(26-2)7-8-19(15)27-3/h4-8,11,16,23-25H,9-10,12H2,1-3H3. The van der Waals surface area contributed by atoms with Crippen molar-refractivity contribution in [3.63, 3.8) is 0 Å². The molecule has 0 saturated carbocycles. The van der Waals surface area contributed by atoms with Gasteiger partial charge >= 0.3 is 7.12 Å². The summed E-state index contributed by atoms with van der Waals surface area (Å²) in [6.45, 7) is 1.77. The molecule has 0 heterocycles. The molecule has 3 N–H and O–H groups in total. The number of hydrogen-bond donors (Lipinski definition) is 3. The highest BCUT2D eigenvalue weighted by atomic mass is 16.5. The molecular formula is C20H25BO6. The predicted octanol–water partition coefficient (Wildman–Crippen LogP) is 2.31. The Morgan fingerprint density at radius 3 is 2.48 bits per heavy atom. The minimum atomic E-state index is -1.67. The van der Waals surface area contributed by atoms with Crippen molar-refractivity contribution in [3.8, 4) is 17.2 Å². The van der Waals surface area contributed by atoms with Crippen molar-refractivity contribution in [2.75, 3.05) is 14.2 Å². The van der Waals surface area contributed by atoms with Gasteiger partial charge in [-0.15, -0.1) is 0 Å². The van der Waals surface area contributed by atoms with Crippen LogP contribution in [-0.4, -0.2) is 42.3 Å². The Balaban J connectivity index is 2.12. The van der Waals surface area contributed by atoms with E-state index in [1.165, 1.54) is 7.11 Å². The second-order valence-electron chi connectivity index (χ2n) is 6.56. The maximum Gasteiger partial charge on any atom is 0.455 e. The highest BCUT2D eigenvalue weighted by molar-refractivity contribution is 6.43. The first-order valence-corrected chi connectivity index (χ1v) is 8.71. The highest BCUT2D eigenvalue weighted by Crippen LogP contribution is 2.30. The van der Waals surface area contributed by atoms with Crippen LogP contribution in [0.5, 0.6) is 17.2 Å². The minimum Gasteiger partial charge on any atom is -0.507 e. The Morgan fingerprint density at radius 1 is 1.11 bits per heavy atom. The molecular weight excluding hydrogens is 347 g/mol. The van der Waals surface area contributed by atoms with Crippen molar-refractivity contribution in [1.29, 1.82) is 0 Å². The molecule has 0 radical (unpaired) electrons. The lowest BCUT2D eigenvalue weighted by molar-refractivity contribution is -0.118. The first-order valence-electron chi connectivity index (χ1n) is 8.71. The Kier molecular flexibility index (Phi) is 7.27. The summed E-state index contributed by atoms with van der Waals surface area (Å²) in [4.78, 5) is 12.6. The molecule has 0 aliphatic heterocycles. The van der Waals surface area contributed by atoms with Crippen LogP contribution in [0.15, 0.2) is 36.4 Å². The van der Waals surface area contributed by atoms with Crippen LogP contribution >= 0.6 is 0 Å².